The molecule has 7 heteroatoms. The largest absolute Gasteiger partial charge is 0.497 e. The van der Waals surface area contributed by atoms with E-state index in [0.717, 1.165) is 48.0 Å². The number of carbonyl (C=O) groups is 1. The number of benzene rings is 1. The minimum Gasteiger partial charge on any atom is -0.497 e. The van der Waals surface area contributed by atoms with Crippen molar-refractivity contribution in [3.05, 3.63) is 24.3 Å². The first-order valence-electron chi connectivity index (χ1n) is 11.6. The lowest BCUT2D eigenvalue weighted by Gasteiger charge is -2.39. The molecule has 0 bridgehead atoms. The van der Waals surface area contributed by atoms with Crippen molar-refractivity contribution in [2.75, 3.05) is 12.9 Å². The Morgan fingerprint density at radius 1 is 1.00 bits per heavy atom. The van der Waals surface area contributed by atoms with Gasteiger partial charge in [-0.05, 0) is 70.2 Å². The molecule has 6 nitrogen and oxygen atoms in total. The second-order valence-corrected chi connectivity index (χ2v) is 9.86. The van der Waals surface area contributed by atoms with Crippen LogP contribution in [0, 0.1) is 0 Å². The summed E-state index contributed by atoms with van der Waals surface area (Å²) in [5, 5.41) is 9.97. The molecule has 1 aliphatic carbocycles. The zero-order valence-corrected chi connectivity index (χ0v) is 19.7. The van der Waals surface area contributed by atoms with Crippen molar-refractivity contribution < 1.29 is 9.53 Å². The van der Waals surface area contributed by atoms with Crippen molar-refractivity contribution in [3.8, 4) is 17.1 Å². The monoisotopic (exact) mass is 442 g/mol. The van der Waals surface area contributed by atoms with E-state index in [9.17, 15) is 4.79 Å². The molecule has 0 spiro atoms. The molecule has 2 heterocycles. The number of methoxy groups -OCH3 is 1. The number of nitrogens with zero attached hydrogens (tertiary/aromatic N) is 4. The summed E-state index contributed by atoms with van der Waals surface area (Å²) in [6.07, 6.45) is 9.45. The molecule has 2 aliphatic rings. The van der Waals surface area contributed by atoms with Gasteiger partial charge in [0.05, 0.1) is 12.9 Å². The number of ether oxygens (including phenoxy) is 1. The van der Waals surface area contributed by atoms with E-state index in [-0.39, 0.29) is 5.91 Å². The van der Waals surface area contributed by atoms with E-state index in [4.69, 9.17) is 4.74 Å². The fourth-order valence-electron chi connectivity index (χ4n) is 5.09. The van der Waals surface area contributed by atoms with Gasteiger partial charge < -0.3 is 9.64 Å². The highest BCUT2D eigenvalue weighted by atomic mass is 32.2. The van der Waals surface area contributed by atoms with Crippen LogP contribution >= 0.6 is 11.8 Å². The Kier molecular flexibility index (Phi) is 7.20. The number of thioether (sulfide) groups is 1. The molecule has 4 rings (SSSR count). The lowest BCUT2D eigenvalue weighted by atomic mass is 9.95. The fourth-order valence-corrected chi connectivity index (χ4v) is 5.97. The maximum absolute atomic E-state index is 13.1. The number of carbonyl (C=O) groups excluding carboxylic acids is 1. The summed E-state index contributed by atoms with van der Waals surface area (Å²) in [6, 6.07) is 9.05. The zero-order chi connectivity index (χ0) is 21.8. The maximum atomic E-state index is 13.1. The van der Waals surface area contributed by atoms with Gasteiger partial charge in [0.15, 0.2) is 11.0 Å². The average Bonchev–Trinajstić information content (AvgIpc) is 3.22. The van der Waals surface area contributed by atoms with Crippen molar-refractivity contribution in [3.63, 3.8) is 0 Å². The van der Waals surface area contributed by atoms with Crippen molar-refractivity contribution in [2.45, 2.75) is 88.5 Å². The SMILES string of the molecule is COc1ccc(-c2nnc(SCC(=O)N3[C@H](C)CCC[C@H]3C)n2C2CCCCC2)cc1. The summed E-state index contributed by atoms with van der Waals surface area (Å²) >= 11 is 1.54. The number of hydrogen-bond donors (Lipinski definition) is 0. The van der Waals surface area contributed by atoms with Crippen LogP contribution < -0.4 is 4.74 Å². The van der Waals surface area contributed by atoms with Crippen molar-refractivity contribution in [1.82, 2.24) is 19.7 Å². The molecule has 1 aromatic carbocycles. The van der Waals surface area contributed by atoms with E-state index in [2.05, 4.69) is 33.5 Å². The molecule has 1 aliphatic heterocycles. The minimum atomic E-state index is 0.217. The van der Waals surface area contributed by atoms with Gasteiger partial charge >= 0.3 is 0 Å². The maximum Gasteiger partial charge on any atom is 0.233 e. The molecular formula is C24H34N4O2S. The Bertz CT molecular complexity index is 866. The van der Waals surface area contributed by atoms with Crippen LogP contribution in [0.2, 0.25) is 0 Å². The summed E-state index contributed by atoms with van der Waals surface area (Å²) in [5.41, 5.74) is 1.04. The standard InChI is InChI=1S/C24H34N4O2S/c1-17-8-7-9-18(2)27(17)22(29)16-31-24-26-25-23(19-12-14-21(30-3)15-13-19)28(24)20-10-5-4-6-11-20/h12-15,17-18,20H,4-11,16H2,1-3H3/t17-,18-/m1/s1. The summed E-state index contributed by atoms with van der Waals surface area (Å²) in [4.78, 5) is 15.1. The van der Waals surface area contributed by atoms with Gasteiger partial charge in [-0.25, -0.2) is 0 Å². The second kappa shape index (κ2) is 10.1. The Morgan fingerprint density at radius 2 is 1.68 bits per heavy atom. The van der Waals surface area contributed by atoms with Gasteiger partial charge in [-0.2, -0.15) is 0 Å². The Labute approximate surface area is 189 Å². The summed E-state index contributed by atoms with van der Waals surface area (Å²) in [6.45, 7) is 4.34. The molecule has 0 unspecified atom stereocenters. The zero-order valence-electron chi connectivity index (χ0n) is 18.9. The Hall–Kier alpha value is -2.02. The number of aromatic nitrogens is 3. The first-order chi connectivity index (χ1) is 15.1. The number of rotatable bonds is 6. The molecule has 1 saturated heterocycles. The molecule has 31 heavy (non-hydrogen) atoms. The molecular weight excluding hydrogens is 408 g/mol. The Morgan fingerprint density at radius 3 is 2.32 bits per heavy atom. The second-order valence-electron chi connectivity index (χ2n) is 8.92. The van der Waals surface area contributed by atoms with Gasteiger partial charge in [0, 0.05) is 23.7 Å². The first kappa shape index (κ1) is 22.2. The number of likely N-dealkylation sites (tertiary alicyclic amines) is 1. The van der Waals surface area contributed by atoms with Gasteiger partial charge in [-0.1, -0.05) is 31.0 Å². The van der Waals surface area contributed by atoms with Crippen LogP contribution in [0.5, 0.6) is 5.75 Å². The smallest absolute Gasteiger partial charge is 0.233 e. The first-order valence-corrected chi connectivity index (χ1v) is 12.6. The van der Waals surface area contributed by atoms with E-state index in [1.54, 1.807) is 18.9 Å². The quantitative estimate of drug-likeness (QED) is 0.565. The van der Waals surface area contributed by atoms with E-state index in [1.807, 2.05) is 24.3 Å². The third kappa shape index (κ3) is 4.92. The van der Waals surface area contributed by atoms with Crippen LogP contribution in [0.15, 0.2) is 29.4 Å². The van der Waals surface area contributed by atoms with Gasteiger partial charge in [-0.3, -0.25) is 9.36 Å². The summed E-state index contributed by atoms with van der Waals surface area (Å²) in [7, 11) is 1.68. The highest BCUT2D eigenvalue weighted by Gasteiger charge is 2.30. The minimum absolute atomic E-state index is 0.217. The van der Waals surface area contributed by atoms with Crippen LogP contribution in [-0.2, 0) is 4.79 Å². The van der Waals surface area contributed by atoms with Gasteiger partial charge in [-0.15, -0.1) is 10.2 Å². The van der Waals surface area contributed by atoms with Gasteiger partial charge in [0.2, 0.25) is 5.91 Å². The Balaban J connectivity index is 1.56. The van der Waals surface area contributed by atoms with E-state index >= 15 is 0 Å². The molecule has 1 aromatic heterocycles. The van der Waals surface area contributed by atoms with Gasteiger partial charge in [0.25, 0.3) is 0 Å². The number of hydrogen-bond acceptors (Lipinski definition) is 5. The fraction of sp³-hybridized carbons (Fsp3) is 0.625. The predicted octanol–water partition coefficient (Wildman–Crippen LogP) is 5.34. The molecule has 1 saturated carbocycles. The topological polar surface area (TPSA) is 60.3 Å². The highest BCUT2D eigenvalue weighted by molar-refractivity contribution is 7.99. The van der Waals surface area contributed by atoms with Crippen LogP contribution in [0.1, 0.15) is 71.3 Å². The molecule has 0 N–H and O–H groups in total. The van der Waals surface area contributed by atoms with E-state index < -0.39 is 0 Å². The van der Waals surface area contributed by atoms with Crippen LogP contribution in [0.4, 0.5) is 0 Å². The lowest BCUT2D eigenvalue weighted by molar-refractivity contribution is -0.134. The molecule has 2 atom stereocenters. The third-order valence-corrected chi connectivity index (χ3v) is 7.69. The van der Waals surface area contributed by atoms with Crippen molar-refractivity contribution >= 4 is 17.7 Å². The van der Waals surface area contributed by atoms with E-state index in [1.165, 1.54) is 25.7 Å². The summed E-state index contributed by atoms with van der Waals surface area (Å²) in [5.74, 6) is 2.36. The normalized spacial score (nSPS) is 22.5. The number of amides is 1. The predicted molar refractivity (Wildman–Crippen MR) is 124 cm³/mol. The molecule has 168 valence electrons. The molecule has 2 fully saturated rings. The summed E-state index contributed by atoms with van der Waals surface area (Å²) < 4.78 is 7.60. The van der Waals surface area contributed by atoms with Crippen LogP contribution in [0.3, 0.4) is 0 Å². The van der Waals surface area contributed by atoms with Crippen molar-refractivity contribution in [1.29, 1.82) is 0 Å². The third-order valence-electron chi connectivity index (χ3n) is 6.76. The lowest BCUT2D eigenvalue weighted by Crippen LogP contribution is -2.48. The van der Waals surface area contributed by atoms with Crippen LogP contribution in [-0.4, -0.2) is 50.5 Å². The molecule has 0 radical (unpaired) electrons. The average molecular weight is 443 g/mol. The van der Waals surface area contributed by atoms with Crippen molar-refractivity contribution in [2.24, 2.45) is 0 Å². The molecule has 1 amide bonds. The molecule has 2 aromatic rings. The van der Waals surface area contributed by atoms with Crippen LogP contribution in [0.25, 0.3) is 11.4 Å². The number of piperidine rings is 1. The highest BCUT2D eigenvalue weighted by Crippen LogP contribution is 2.36. The van der Waals surface area contributed by atoms with E-state index in [0.29, 0.717) is 23.9 Å². The van der Waals surface area contributed by atoms with Gasteiger partial charge in [0.1, 0.15) is 5.75 Å².